The van der Waals surface area contributed by atoms with Crippen molar-refractivity contribution in [2.75, 3.05) is 7.05 Å². The number of rotatable bonds is 6. The van der Waals surface area contributed by atoms with Gasteiger partial charge in [0.15, 0.2) is 0 Å². The number of nitrogens with zero attached hydrogens (tertiary/aromatic N) is 1. The Morgan fingerprint density at radius 3 is 2.75 bits per heavy atom. The molecule has 1 heterocycles. The van der Waals surface area contributed by atoms with E-state index in [-0.39, 0.29) is 12.1 Å². The van der Waals surface area contributed by atoms with Gasteiger partial charge in [-0.2, -0.15) is 11.3 Å². The third kappa shape index (κ3) is 3.92. The number of hydrogen-bond donors (Lipinski definition) is 1. The largest absolute Gasteiger partial charge is 0.326 e. The summed E-state index contributed by atoms with van der Waals surface area (Å²) in [6, 6.07) is 11.1. The van der Waals surface area contributed by atoms with Gasteiger partial charge >= 0.3 is 0 Å². The summed E-state index contributed by atoms with van der Waals surface area (Å²) in [5, 5.41) is 4.33. The molecule has 0 saturated carbocycles. The molecular formula is C16H21BrN2S. The monoisotopic (exact) mass is 352 g/mol. The molecule has 0 fully saturated rings. The number of halogens is 1. The van der Waals surface area contributed by atoms with Crippen LogP contribution in [0.15, 0.2) is 45.6 Å². The lowest BCUT2D eigenvalue weighted by Gasteiger charge is -2.32. The summed E-state index contributed by atoms with van der Waals surface area (Å²) < 4.78 is 1.12. The van der Waals surface area contributed by atoms with E-state index in [0.717, 1.165) is 17.4 Å². The van der Waals surface area contributed by atoms with Crippen molar-refractivity contribution in [1.29, 1.82) is 0 Å². The SMILES string of the molecule is CCC(N)C(c1ccsc1)N(C)Cc1cccc(Br)c1. The number of thiophene rings is 1. The maximum atomic E-state index is 6.35. The molecule has 0 amide bonds. The van der Waals surface area contributed by atoms with Crippen LogP contribution in [0.4, 0.5) is 0 Å². The van der Waals surface area contributed by atoms with E-state index < -0.39 is 0 Å². The molecule has 2 nitrogen and oxygen atoms in total. The Morgan fingerprint density at radius 2 is 2.15 bits per heavy atom. The number of likely N-dealkylation sites (N-methyl/N-ethyl adjacent to an activating group) is 1. The van der Waals surface area contributed by atoms with Crippen LogP contribution in [0.3, 0.4) is 0 Å². The topological polar surface area (TPSA) is 29.3 Å². The summed E-state index contributed by atoms with van der Waals surface area (Å²) in [6.07, 6.45) is 0.976. The fourth-order valence-corrected chi connectivity index (χ4v) is 3.65. The second-order valence-electron chi connectivity index (χ2n) is 5.12. The minimum Gasteiger partial charge on any atom is -0.326 e. The van der Waals surface area contributed by atoms with E-state index in [2.05, 4.69) is 75.9 Å². The van der Waals surface area contributed by atoms with Crippen LogP contribution in [0.2, 0.25) is 0 Å². The van der Waals surface area contributed by atoms with Gasteiger partial charge in [0.25, 0.3) is 0 Å². The second-order valence-corrected chi connectivity index (χ2v) is 6.81. The number of benzene rings is 1. The molecule has 4 heteroatoms. The first-order valence-electron chi connectivity index (χ1n) is 6.84. The zero-order valence-corrected chi connectivity index (χ0v) is 14.3. The van der Waals surface area contributed by atoms with Crippen LogP contribution in [0, 0.1) is 0 Å². The summed E-state index contributed by atoms with van der Waals surface area (Å²) >= 11 is 5.26. The lowest BCUT2D eigenvalue weighted by Crippen LogP contribution is -2.38. The molecule has 0 aliphatic carbocycles. The molecule has 2 atom stereocenters. The lowest BCUT2D eigenvalue weighted by atomic mass is 9.98. The summed E-state index contributed by atoms with van der Waals surface area (Å²) in [5.41, 5.74) is 8.96. The van der Waals surface area contributed by atoms with Gasteiger partial charge in [0.2, 0.25) is 0 Å². The van der Waals surface area contributed by atoms with Gasteiger partial charge in [0.05, 0.1) is 6.04 Å². The standard InChI is InChI=1S/C16H21BrN2S/c1-3-15(18)16(13-7-8-20-11-13)19(2)10-12-5-4-6-14(17)9-12/h4-9,11,15-16H,3,10,18H2,1-2H3. The molecule has 0 bridgehead atoms. The Balaban J connectivity index is 2.17. The maximum Gasteiger partial charge on any atom is 0.0507 e. The van der Waals surface area contributed by atoms with E-state index >= 15 is 0 Å². The van der Waals surface area contributed by atoms with Crippen LogP contribution in [0.1, 0.15) is 30.5 Å². The van der Waals surface area contributed by atoms with Crippen LogP contribution in [0.25, 0.3) is 0 Å². The smallest absolute Gasteiger partial charge is 0.0507 e. The Bertz CT molecular complexity index is 527. The van der Waals surface area contributed by atoms with Crippen molar-refractivity contribution >= 4 is 27.3 Å². The van der Waals surface area contributed by atoms with Crippen molar-refractivity contribution in [3.05, 3.63) is 56.7 Å². The van der Waals surface area contributed by atoms with E-state index in [0.29, 0.717) is 0 Å². The second kappa shape index (κ2) is 7.36. The normalized spacial score (nSPS) is 14.4. The third-order valence-corrected chi connectivity index (χ3v) is 4.75. The van der Waals surface area contributed by atoms with Crippen molar-refractivity contribution < 1.29 is 0 Å². The molecule has 108 valence electrons. The summed E-state index contributed by atoms with van der Waals surface area (Å²) in [6.45, 7) is 3.05. The van der Waals surface area contributed by atoms with E-state index in [1.54, 1.807) is 11.3 Å². The van der Waals surface area contributed by atoms with Crippen LogP contribution in [-0.4, -0.2) is 18.0 Å². The molecule has 20 heavy (non-hydrogen) atoms. The van der Waals surface area contributed by atoms with Gasteiger partial charge in [0.1, 0.15) is 0 Å². The molecule has 0 saturated heterocycles. The Hall–Kier alpha value is -0.680. The average Bonchev–Trinajstić information content (AvgIpc) is 2.92. The highest BCUT2D eigenvalue weighted by Gasteiger charge is 2.23. The number of hydrogen-bond acceptors (Lipinski definition) is 3. The van der Waals surface area contributed by atoms with Crippen molar-refractivity contribution in [2.24, 2.45) is 5.73 Å². The van der Waals surface area contributed by atoms with Gasteiger partial charge < -0.3 is 5.73 Å². The van der Waals surface area contributed by atoms with Crippen LogP contribution >= 0.6 is 27.3 Å². The van der Waals surface area contributed by atoms with Crippen LogP contribution < -0.4 is 5.73 Å². The molecular weight excluding hydrogens is 332 g/mol. The van der Waals surface area contributed by atoms with Gasteiger partial charge in [-0.25, -0.2) is 0 Å². The van der Waals surface area contributed by atoms with E-state index in [9.17, 15) is 0 Å². The number of nitrogens with two attached hydrogens (primary N) is 1. The van der Waals surface area contributed by atoms with Crippen LogP contribution in [0.5, 0.6) is 0 Å². The molecule has 0 aliphatic heterocycles. The zero-order chi connectivity index (χ0) is 14.5. The zero-order valence-electron chi connectivity index (χ0n) is 11.9. The molecule has 0 radical (unpaired) electrons. The van der Waals surface area contributed by atoms with E-state index in [1.807, 2.05) is 0 Å². The molecule has 2 aromatic rings. The van der Waals surface area contributed by atoms with Gasteiger partial charge in [0, 0.05) is 17.1 Å². The van der Waals surface area contributed by atoms with Gasteiger partial charge in [-0.15, -0.1) is 0 Å². The summed E-state index contributed by atoms with van der Waals surface area (Å²) in [5.74, 6) is 0. The fraction of sp³-hybridized carbons (Fsp3) is 0.375. The molecule has 2 unspecified atom stereocenters. The maximum absolute atomic E-state index is 6.35. The Labute approximate surface area is 133 Å². The average molecular weight is 353 g/mol. The minimum absolute atomic E-state index is 0.154. The fourth-order valence-electron chi connectivity index (χ4n) is 2.52. The third-order valence-electron chi connectivity index (χ3n) is 3.56. The Kier molecular flexibility index (Phi) is 5.78. The molecule has 1 aromatic carbocycles. The van der Waals surface area contributed by atoms with Crippen LogP contribution in [-0.2, 0) is 6.54 Å². The molecule has 1 aromatic heterocycles. The minimum atomic E-state index is 0.154. The summed E-state index contributed by atoms with van der Waals surface area (Å²) in [7, 11) is 2.15. The van der Waals surface area contributed by atoms with Gasteiger partial charge in [-0.3, -0.25) is 4.90 Å². The molecule has 2 rings (SSSR count). The Morgan fingerprint density at radius 1 is 1.35 bits per heavy atom. The first-order valence-corrected chi connectivity index (χ1v) is 8.57. The first-order chi connectivity index (χ1) is 9.61. The van der Waals surface area contributed by atoms with Gasteiger partial charge in [-0.05, 0) is 53.6 Å². The molecule has 0 spiro atoms. The van der Waals surface area contributed by atoms with Crippen molar-refractivity contribution in [2.45, 2.75) is 32.0 Å². The van der Waals surface area contributed by atoms with E-state index in [4.69, 9.17) is 5.73 Å². The first kappa shape index (κ1) is 15.7. The highest BCUT2D eigenvalue weighted by Crippen LogP contribution is 2.27. The van der Waals surface area contributed by atoms with Crippen molar-refractivity contribution in [3.8, 4) is 0 Å². The lowest BCUT2D eigenvalue weighted by molar-refractivity contribution is 0.202. The highest BCUT2D eigenvalue weighted by atomic mass is 79.9. The van der Waals surface area contributed by atoms with E-state index in [1.165, 1.54) is 11.1 Å². The van der Waals surface area contributed by atoms with Crippen molar-refractivity contribution in [3.63, 3.8) is 0 Å². The summed E-state index contributed by atoms with van der Waals surface area (Å²) in [4.78, 5) is 2.35. The predicted octanol–water partition coefficient (Wildman–Crippen LogP) is 4.42. The molecule has 0 aliphatic rings. The quantitative estimate of drug-likeness (QED) is 0.833. The van der Waals surface area contributed by atoms with Gasteiger partial charge in [-0.1, -0.05) is 35.0 Å². The van der Waals surface area contributed by atoms with Crippen molar-refractivity contribution in [1.82, 2.24) is 4.90 Å². The highest BCUT2D eigenvalue weighted by molar-refractivity contribution is 9.10. The molecule has 2 N–H and O–H groups in total. The predicted molar refractivity (Wildman–Crippen MR) is 90.9 cm³/mol.